The van der Waals surface area contributed by atoms with Crippen LogP contribution in [0.5, 0.6) is 23.0 Å². The molecule has 2 N–H and O–H groups in total. The van der Waals surface area contributed by atoms with Crippen molar-refractivity contribution in [3.05, 3.63) is 99.5 Å². The SMILES string of the molecule is CCOC(=O)c1ccc(-c2ccc(C(=O)OC)cc2)c2c1OCCO2.CCOC(=O)c1ccc(Br)c2c1OCCO2.COC(=O)c1ccc(B(O)O)cc1. The van der Waals surface area contributed by atoms with Crippen molar-refractivity contribution in [3.63, 3.8) is 0 Å². The zero-order valence-corrected chi connectivity index (χ0v) is 31.5. The van der Waals surface area contributed by atoms with Gasteiger partial charge in [0.15, 0.2) is 23.0 Å². The summed E-state index contributed by atoms with van der Waals surface area (Å²) in [6, 6.07) is 19.7. The van der Waals surface area contributed by atoms with Gasteiger partial charge in [0.05, 0.1) is 43.0 Å². The Hall–Kier alpha value is -5.58. The van der Waals surface area contributed by atoms with Gasteiger partial charge in [-0.2, -0.15) is 0 Å². The summed E-state index contributed by atoms with van der Waals surface area (Å²) >= 11 is 3.35. The van der Waals surface area contributed by atoms with E-state index in [0.29, 0.717) is 83.7 Å². The van der Waals surface area contributed by atoms with Crippen molar-refractivity contribution < 1.29 is 67.1 Å². The molecule has 16 heteroatoms. The molecule has 14 nitrogen and oxygen atoms in total. The molecular weight excluding hydrogens is 771 g/mol. The Morgan fingerprint density at radius 2 is 1.02 bits per heavy atom. The molecule has 0 unspecified atom stereocenters. The summed E-state index contributed by atoms with van der Waals surface area (Å²) in [4.78, 5) is 46.3. The van der Waals surface area contributed by atoms with E-state index in [1.165, 1.54) is 38.5 Å². The number of halogens is 1. The Labute approximate surface area is 320 Å². The lowest BCUT2D eigenvalue weighted by Gasteiger charge is -2.23. The van der Waals surface area contributed by atoms with Crippen LogP contribution in [0.4, 0.5) is 0 Å². The second-order valence-electron chi connectivity index (χ2n) is 11.0. The summed E-state index contributed by atoms with van der Waals surface area (Å²) in [7, 11) is 1.12. The van der Waals surface area contributed by atoms with Crippen LogP contribution in [-0.4, -0.2) is 94.9 Å². The Bertz CT molecular complexity index is 1930. The van der Waals surface area contributed by atoms with Gasteiger partial charge in [0.1, 0.15) is 37.6 Å². The summed E-state index contributed by atoms with van der Waals surface area (Å²) in [6.07, 6.45) is 0. The van der Waals surface area contributed by atoms with Gasteiger partial charge in [-0.15, -0.1) is 0 Å². The van der Waals surface area contributed by atoms with E-state index in [-0.39, 0.29) is 6.61 Å². The number of rotatable bonds is 8. The number of benzene rings is 4. The van der Waals surface area contributed by atoms with E-state index < -0.39 is 31.0 Å². The summed E-state index contributed by atoms with van der Waals surface area (Å²) < 4.78 is 42.3. The molecular formula is C38H38BBrO14. The van der Waals surface area contributed by atoms with Crippen molar-refractivity contribution in [2.75, 3.05) is 53.9 Å². The Morgan fingerprint density at radius 1 is 0.593 bits per heavy atom. The minimum atomic E-state index is -1.51. The zero-order chi connectivity index (χ0) is 39.2. The molecule has 0 spiro atoms. The third-order valence-electron chi connectivity index (χ3n) is 7.57. The molecule has 0 saturated carbocycles. The Morgan fingerprint density at radius 3 is 1.48 bits per heavy atom. The highest BCUT2D eigenvalue weighted by Gasteiger charge is 2.26. The standard InChI is InChI=1S/C19H18O6.C11H11BrO4.C8H9BO4/c1-3-23-19(21)15-9-8-14(16-17(15)25-11-10-24-16)12-4-6-13(7-5-12)18(20)22-2;1-2-14-11(13)7-3-4-8(12)10-9(7)15-5-6-16-10;1-13-8(10)6-2-4-7(5-3-6)9(11)12/h4-9H,3,10-11H2,1-2H3;3-4H,2,5-6H2,1H3;2-5,11-12H,1H3. The Balaban J connectivity index is 0.000000193. The van der Waals surface area contributed by atoms with Gasteiger partial charge in [-0.25, -0.2) is 19.2 Å². The van der Waals surface area contributed by atoms with E-state index in [1.54, 1.807) is 62.4 Å². The Kier molecular flexibility index (Phi) is 15.3. The maximum absolute atomic E-state index is 12.1. The molecule has 6 rings (SSSR count). The molecule has 4 aromatic carbocycles. The normalized spacial score (nSPS) is 12.0. The molecule has 0 saturated heterocycles. The number of carbonyl (C=O) groups excluding carboxylic acids is 4. The number of esters is 4. The highest BCUT2D eigenvalue weighted by atomic mass is 79.9. The minimum Gasteiger partial charge on any atom is -0.485 e. The largest absolute Gasteiger partial charge is 0.488 e. The van der Waals surface area contributed by atoms with Gasteiger partial charge in [-0.1, -0.05) is 24.3 Å². The van der Waals surface area contributed by atoms with Crippen LogP contribution < -0.4 is 24.4 Å². The van der Waals surface area contributed by atoms with Crippen molar-refractivity contribution in [2.24, 2.45) is 0 Å². The van der Waals surface area contributed by atoms with Gasteiger partial charge in [0, 0.05) is 5.56 Å². The molecule has 0 amide bonds. The second-order valence-corrected chi connectivity index (χ2v) is 11.8. The van der Waals surface area contributed by atoms with Gasteiger partial charge in [-0.3, -0.25) is 0 Å². The number of hydrogen-bond acceptors (Lipinski definition) is 14. The van der Waals surface area contributed by atoms with Crippen molar-refractivity contribution in [3.8, 4) is 34.1 Å². The maximum Gasteiger partial charge on any atom is 0.488 e. The van der Waals surface area contributed by atoms with E-state index in [4.69, 9.17) is 43.2 Å². The number of fused-ring (bicyclic) bond motifs is 2. The van der Waals surface area contributed by atoms with Crippen LogP contribution in [0.1, 0.15) is 55.3 Å². The van der Waals surface area contributed by atoms with Crippen LogP contribution >= 0.6 is 15.9 Å². The highest BCUT2D eigenvalue weighted by Crippen LogP contribution is 2.43. The molecule has 0 fully saturated rings. The van der Waals surface area contributed by atoms with E-state index in [0.717, 1.165) is 15.6 Å². The van der Waals surface area contributed by atoms with Gasteiger partial charge < -0.3 is 47.9 Å². The van der Waals surface area contributed by atoms with Crippen molar-refractivity contribution in [1.29, 1.82) is 0 Å². The van der Waals surface area contributed by atoms with Crippen molar-refractivity contribution >= 4 is 52.4 Å². The van der Waals surface area contributed by atoms with E-state index in [2.05, 4.69) is 20.7 Å². The first-order chi connectivity index (χ1) is 26.0. The average molecular weight is 809 g/mol. The van der Waals surface area contributed by atoms with Crippen LogP contribution in [0.2, 0.25) is 0 Å². The summed E-state index contributed by atoms with van der Waals surface area (Å²) in [5.41, 5.74) is 3.54. The molecule has 0 bridgehead atoms. The topological polar surface area (TPSA) is 183 Å². The van der Waals surface area contributed by atoms with E-state index >= 15 is 0 Å². The molecule has 54 heavy (non-hydrogen) atoms. The lowest BCUT2D eigenvalue weighted by molar-refractivity contribution is 0.0506. The summed E-state index contributed by atoms with van der Waals surface area (Å²) in [6.45, 7) is 5.82. The predicted octanol–water partition coefficient (Wildman–Crippen LogP) is 4.64. The highest BCUT2D eigenvalue weighted by molar-refractivity contribution is 9.10. The predicted molar refractivity (Wildman–Crippen MR) is 199 cm³/mol. The molecule has 2 aliphatic heterocycles. The molecule has 0 atom stereocenters. The fourth-order valence-corrected chi connectivity index (χ4v) is 5.45. The molecule has 0 radical (unpaired) electrons. The van der Waals surface area contributed by atoms with Crippen LogP contribution in [0.15, 0.2) is 77.3 Å². The van der Waals surface area contributed by atoms with Crippen molar-refractivity contribution in [1.82, 2.24) is 0 Å². The average Bonchev–Trinajstić information content (AvgIpc) is 3.20. The lowest BCUT2D eigenvalue weighted by Crippen LogP contribution is -2.29. The van der Waals surface area contributed by atoms with Gasteiger partial charge in [-0.05, 0) is 89.3 Å². The molecule has 0 aliphatic carbocycles. The first-order valence-corrected chi connectivity index (χ1v) is 17.4. The number of methoxy groups -OCH3 is 2. The third kappa shape index (κ3) is 10.3. The smallest absolute Gasteiger partial charge is 0.485 e. The fraction of sp³-hybridized carbons (Fsp3) is 0.263. The first-order valence-electron chi connectivity index (χ1n) is 16.6. The summed E-state index contributed by atoms with van der Waals surface area (Å²) in [5, 5.41) is 17.5. The number of hydrogen-bond donors (Lipinski definition) is 2. The molecule has 2 heterocycles. The first kappa shape index (κ1) is 41.2. The number of carbonyl (C=O) groups is 4. The van der Waals surface area contributed by atoms with E-state index in [9.17, 15) is 19.2 Å². The number of ether oxygens (including phenoxy) is 8. The molecule has 4 aromatic rings. The molecule has 2 aliphatic rings. The molecule has 0 aromatic heterocycles. The van der Waals surface area contributed by atoms with Crippen LogP contribution in [0.25, 0.3) is 11.1 Å². The van der Waals surface area contributed by atoms with Crippen molar-refractivity contribution in [2.45, 2.75) is 13.8 Å². The van der Waals surface area contributed by atoms with Crippen LogP contribution in [0.3, 0.4) is 0 Å². The van der Waals surface area contributed by atoms with Gasteiger partial charge in [0.2, 0.25) is 0 Å². The van der Waals surface area contributed by atoms with Gasteiger partial charge >= 0.3 is 31.0 Å². The lowest BCUT2D eigenvalue weighted by atomic mass is 9.80. The monoisotopic (exact) mass is 808 g/mol. The maximum atomic E-state index is 12.1. The quantitative estimate of drug-likeness (QED) is 0.143. The second kappa shape index (κ2) is 20.0. The minimum absolute atomic E-state index is 0.283. The zero-order valence-electron chi connectivity index (χ0n) is 29.9. The van der Waals surface area contributed by atoms with Crippen LogP contribution in [-0.2, 0) is 18.9 Å². The summed E-state index contributed by atoms with van der Waals surface area (Å²) in [5.74, 6) is 0.233. The third-order valence-corrected chi connectivity index (χ3v) is 8.19. The van der Waals surface area contributed by atoms with Crippen LogP contribution in [0, 0.1) is 0 Å². The van der Waals surface area contributed by atoms with Gasteiger partial charge in [0.25, 0.3) is 0 Å². The van der Waals surface area contributed by atoms with E-state index in [1.807, 2.05) is 0 Å². The fourth-order valence-electron chi connectivity index (χ4n) is 5.02. The molecule has 284 valence electrons.